The van der Waals surface area contributed by atoms with Crippen LogP contribution in [0.15, 0.2) is 17.5 Å². The number of nitrogens with zero attached hydrogens (tertiary/aromatic N) is 2. The fraction of sp³-hybridized carbons (Fsp3) is 0.333. The molecule has 2 heterocycles. The number of nitrogens with one attached hydrogen (secondary N) is 2. The summed E-state index contributed by atoms with van der Waals surface area (Å²) in [5, 5.41) is 8.35. The van der Waals surface area contributed by atoms with Gasteiger partial charge in [-0.3, -0.25) is 14.9 Å². The largest absolute Gasteiger partial charge is 0.302 e. The average molecular weight is 350 g/mol. The van der Waals surface area contributed by atoms with Crippen LogP contribution in [0.4, 0.5) is 10.3 Å². The molecule has 122 valence electrons. The number of carbonyl (C=O) groups excluding carboxylic acids is 2. The molecule has 0 aliphatic heterocycles. The lowest BCUT2D eigenvalue weighted by atomic mass is 10.2. The zero-order valence-corrected chi connectivity index (χ0v) is 15.0. The van der Waals surface area contributed by atoms with Gasteiger partial charge in [-0.05, 0) is 18.9 Å². The molecule has 0 atom stereocenters. The molecule has 0 saturated carbocycles. The number of rotatable bonds is 5. The van der Waals surface area contributed by atoms with E-state index in [-0.39, 0.29) is 11.8 Å². The zero-order chi connectivity index (χ0) is 17.0. The highest BCUT2D eigenvalue weighted by molar-refractivity contribution is 7.20. The van der Waals surface area contributed by atoms with Gasteiger partial charge in [0.15, 0.2) is 10.3 Å². The van der Waals surface area contributed by atoms with Gasteiger partial charge in [0, 0.05) is 12.3 Å². The molecule has 0 spiro atoms. The number of hydrogen-bond donors (Lipinski definition) is 2. The summed E-state index contributed by atoms with van der Waals surface area (Å²) in [5.41, 5.74) is 1.53. The molecule has 2 N–H and O–H groups in total. The molecule has 23 heavy (non-hydrogen) atoms. The summed E-state index contributed by atoms with van der Waals surface area (Å²) >= 11 is 2.72. The van der Waals surface area contributed by atoms with Crippen LogP contribution in [0, 0.1) is 12.8 Å². The highest BCUT2D eigenvalue weighted by Crippen LogP contribution is 2.34. The van der Waals surface area contributed by atoms with Crippen molar-refractivity contribution in [3.63, 3.8) is 0 Å². The van der Waals surface area contributed by atoms with Gasteiger partial charge in [0.1, 0.15) is 0 Å². The highest BCUT2D eigenvalue weighted by Gasteiger charge is 2.14. The smallest absolute Gasteiger partial charge is 0.249 e. The Labute approximate surface area is 142 Å². The van der Waals surface area contributed by atoms with Crippen LogP contribution >= 0.6 is 22.7 Å². The second kappa shape index (κ2) is 7.47. The van der Waals surface area contributed by atoms with E-state index in [0.29, 0.717) is 16.2 Å². The summed E-state index contributed by atoms with van der Waals surface area (Å²) in [6.45, 7) is 7.31. The van der Waals surface area contributed by atoms with Crippen LogP contribution in [-0.4, -0.2) is 21.8 Å². The first-order valence-electron chi connectivity index (χ1n) is 7.05. The van der Waals surface area contributed by atoms with Crippen LogP contribution in [0.1, 0.15) is 26.5 Å². The Morgan fingerprint density at radius 2 is 1.96 bits per heavy atom. The number of hydrogen-bond acceptors (Lipinski definition) is 6. The molecule has 0 aliphatic carbocycles. The first-order chi connectivity index (χ1) is 10.8. The molecule has 2 aromatic rings. The van der Waals surface area contributed by atoms with E-state index in [1.165, 1.54) is 35.7 Å². The van der Waals surface area contributed by atoms with E-state index < -0.39 is 0 Å². The fourth-order valence-electron chi connectivity index (χ4n) is 1.70. The van der Waals surface area contributed by atoms with Gasteiger partial charge in [0.2, 0.25) is 11.8 Å². The maximum Gasteiger partial charge on any atom is 0.249 e. The fourth-order valence-corrected chi connectivity index (χ4v) is 3.45. The summed E-state index contributed by atoms with van der Waals surface area (Å²) in [7, 11) is 0. The molecule has 0 aliphatic rings. The monoisotopic (exact) mass is 350 g/mol. The predicted octanol–water partition coefficient (Wildman–Crippen LogP) is 3.68. The lowest BCUT2D eigenvalue weighted by Gasteiger charge is -1.97. The molecule has 6 nitrogen and oxygen atoms in total. The van der Waals surface area contributed by atoms with Crippen molar-refractivity contribution in [3.8, 4) is 10.6 Å². The van der Waals surface area contributed by atoms with Crippen molar-refractivity contribution >= 4 is 44.8 Å². The van der Waals surface area contributed by atoms with Gasteiger partial charge < -0.3 is 5.32 Å². The maximum atomic E-state index is 11.8. The number of carbonyl (C=O) groups is 2. The third kappa shape index (κ3) is 4.97. The SMILES string of the molecule is CC(=O)Nc1nc(C)c(-c2csc(NC(=O)/C=C/C(C)C)n2)s1. The summed E-state index contributed by atoms with van der Waals surface area (Å²) in [6, 6.07) is 0. The number of thiazole rings is 2. The van der Waals surface area contributed by atoms with Crippen molar-refractivity contribution in [2.24, 2.45) is 5.92 Å². The van der Waals surface area contributed by atoms with Crippen molar-refractivity contribution in [1.29, 1.82) is 0 Å². The Morgan fingerprint density at radius 3 is 2.61 bits per heavy atom. The van der Waals surface area contributed by atoms with E-state index in [9.17, 15) is 9.59 Å². The molecule has 2 rings (SSSR count). The third-order valence-corrected chi connectivity index (χ3v) is 4.53. The van der Waals surface area contributed by atoms with Crippen LogP contribution in [0.25, 0.3) is 10.6 Å². The van der Waals surface area contributed by atoms with Gasteiger partial charge in [-0.25, -0.2) is 9.97 Å². The molecular formula is C15H18N4O2S2. The van der Waals surface area contributed by atoms with Crippen molar-refractivity contribution in [1.82, 2.24) is 9.97 Å². The normalized spacial score (nSPS) is 11.2. The molecule has 0 saturated heterocycles. The Balaban J connectivity index is 2.11. The summed E-state index contributed by atoms with van der Waals surface area (Å²) in [5.74, 6) is -0.0346. The number of anilines is 2. The minimum atomic E-state index is -0.195. The number of aryl methyl sites for hydroxylation is 1. The van der Waals surface area contributed by atoms with Crippen molar-refractivity contribution in [3.05, 3.63) is 23.2 Å². The zero-order valence-electron chi connectivity index (χ0n) is 13.3. The van der Waals surface area contributed by atoms with Gasteiger partial charge in [0.05, 0.1) is 16.3 Å². The standard InChI is InChI=1S/C15H18N4O2S2/c1-8(2)5-6-12(21)19-14-18-11(7-22-14)13-9(3)16-15(23-13)17-10(4)20/h5-8H,1-4H3,(H,16,17,20)(H,18,19,21)/b6-5+. The minimum absolute atomic E-state index is 0.159. The van der Waals surface area contributed by atoms with E-state index in [1.54, 1.807) is 0 Å². The van der Waals surface area contributed by atoms with Gasteiger partial charge in [-0.1, -0.05) is 31.3 Å². The van der Waals surface area contributed by atoms with Crippen LogP contribution in [0.5, 0.6) is 0 Å². The Kier molecular flexibility index (Phi) is 5.62. The molecule has 0 fully saturated rings. The number of aromatic nitrogens is 2. The van der Waals surface area contributed by atoms with Crippen LogP contribution < -0.4 is 10.6 Å². The van der Waals surface area contributed by atoms with Gasteiger partial charge in [-0.15, -0.1) is 11.3 Å². The van der Waals surface area contributed by atoms with Gasteiger partial charge in [-0.2, -0.15) is 0 Å². The predicted molar refractivity (Wildman–Crippen MR) is 94.9 cm³/mol. The molecule has 0 radical (unpaired) electrons. The van der Waals surface area contributed by atoms with Crippen LogP contribution in [0.2, 0.25) is 0 Å². The van der Waals surface area contributed by atoms with Crippen molar-refractivity contribution < 1.29 is 9.59 Å². The Hall–Kier alpha value is -2.06. The molecule has 0 bridgehead atoms. The van der Waals surface area contributed by atoms with E-state index in [1.807, 2.05) is 32.2 Å². The Bertz CT molecular complexity index is 746. The minimum Gasteiger partial charge on any atom is -0.302 e. The van der Waals surface area contributed by atoms with Gasteiger partial charge >= 0.3 is 0 Å². The summed E-state index contributed by atoms with van der Waals surface area (Å²) in [6.07, 6.45) is 3.34. The topological polar surface area (TPSA) is 84.0 Å². The number of amides is 2. The molecule has 0 unspecified atom stereocenters. The van der Waals surface area contributed by atoms with Crippen molar-refractivity contribution in [2.45, 2.75) is 27.7 Å². The first kappa shape index (κ1) is 17.3. The van der Waals surface area contributed by atoms with E-state index >= 15 is 0 Å². The van der Waals surface area contributed by atoms with Crippen LogP contribution in [-0.2, 0) is 9.59 Å². The molecule has 2 aromatic heterocycles. The van der Waals surface area contributed by atoms with Crippen molar-refractivity contribution in [2.75, 3.05) is 10.6 Å². The van der Waals surface area contributed by atoms with E-state index in [0.717, 1.165) is 16.3 Å². The quantitative estimate of drug-likeness (QED) is 0.806. The maximum absolute atomic E-state index is 11.8. The molecular weight excluding hydrogens is 332 g/mol. The van der Waals surface area contributed by atoms with E-state index in [2.05, 4.69) is 20.6 Å². The van der Waals surface area contributed by atoms with Crippen LogP contribution in [0.3, 0.4) is 0 Å². The molecule has 8 heteroatoms. The first-order valence-corrected chi connectivity index (χ1v) is 8.75. The highest BCUT2D eigenvalue weighted by atomic mass is 32.1. The third-order valence-electron chi connectivity index (χ3n) is 2.68. The number of allylic oxidation sites excluding steroid dienone is 1. The second-order valence-electron chi connectivity index (χ2n) is 5.25. The lowest BCUT2D eigenvalue weighted by molar-refractivity contribution is -0.114. The average Bonchev–Trinajstić information content (AvgIpc) is 3.02. The lowest BCUT2D eigenvalue weighted by Crippen LogP contribution is -2.07. The molecule has 0 aromatic carbocycles. The summed E-state index contributed by atoms with van der Waals surface area (Å²) < 4.78 is 0. The van der Waals surface area contributed by atoms with Gasteiger partial charge in [0.25, 0.3) is 0 Å². The van der Waals surface area contributed by atoms with E-state index in [4.69, 9.17) is 0 Å². The molecule has 2 amide bonds. The second-order valence-corrected chi connectivity index (χ2v) is 7.10. The Morgan fingerprint density at radius 1 is 1.22 bits per heavy atom. The summed E-state index contributed by atoms with van der Waals surface area (Å²) in [4.78, 5) is 32.4.